The minimum Gasteiger partial charge on any atom is -0.378 e. The summed E-state index contributed by atoms with van der Waals surface area (Å²) in [6.45, 7) is 20.6. The lowest BCUT2D eigenvalue weighted by Gasteiger charge is -2.37. The van der Waals surface area contributed by atoms with E-state index in [9.17, 15) is 28.8 Å². The maximum atomic E-state index is 14.3. The summed E-state index contributed by atoms with van der Waals surface area (Å²) in [4.78, 5) is 83.3. The molecule has 0 spiro atoms. The summed E-state index contributed by atoms with van der Waals surface area (Å²) < 4.78 is 5.35. The molecule has 2 fully saturated rings. The van der Waals surface area contributed by atoms with Crippen molar-refractivity contribution in [1.29, 1.82) is 0 Å². The highest BCUT2D eigenvalue weighted by Crippen LogP contribution is 2.33. The molecule has 0 aromatic rings. The van der Waals surface area contributed by atoms with Gasteiger partial charge in [0.15, 0.2) is 0 Å². The van der Waals surface area contributed by atoms with Gasteiger partial charge < -0.3 is 35.8 Å². The van der Waals surface area contributed by atoms with Crippen LogP contribution < -0.4 is 21.3 Å². The number of nitrogens with zero attached hydrogens (tertiary/aromatic N) is 2. The maximum absolute atomic E-state index is 14.3. The minimum atomic E-state index is -1.05. The average molecular weight is 649 g/mol. The van der Waals surface area contributed by atoms with Crippen LogP contribution in [-0.4, -0.2) is 109 Å². The number of carbonyl (C=O) groups is 6. The Morgan fingerprint density at radius 3 is 2.09 bits per heavy atom. The molecular weight excluding hydrogens is 592 g/mol. The first-order valence-electron chi connectivity index (χ1n) is 16.5. The standard InChI is InChI=1S/C33H56N6O7/c1-10-12-23(26(40)29(42)34-14-11-2)35-28(41)25-22(20(3)4)13-15-39(25)31(44)27(33(7,8)9)37-32(45)36-24(21(5)6)30(43)38-16-18-46-19-17-38/h11,20-25,27H,2,10,12-19H2,1,3-9H3,(H,34,42)(H,35,41)(H2,36,37,45)/t22-,23?,24?,25+,27-/m1/s1. The summed E-state index contributed by atoms with van der Waals surface area (Å²) >= 11 is 0. The molecule has 2 saturated heterocycles. The molecule has 4 N–H and O–H groups in total. The Bertz CT molecular complexity index is 1110. The zero-order valence-electron chi connectivity index (χ0n) is 28.9. The molecule has 2 aliphatic rings. The number of ether oxygens (including phenoxy) is 1. The molecule has 46 heavy (non-hydrogen) atoms. The zero-order valence-corrected chi connectivity index (χ0v) is 28.9. The van der Waals surface area contributed by atoms with Crippen LogP contribution in [0.15, 0.2) is 12.7 Å². The van der Waals surface area contributed by atoms with E-state index in [0.29, 0.717) is 39.1 Å². The maximum Gasteiger partial charge on any atom is 0.316 e. The first-order valence-corrected chi connectivity index (χ1v) is 16.5. The van der Waals surface area contributed by atoms with Gasteiger partial charge in [0.25, 0.3) is 5.91 Å². The molecule has 0 aromatic carbocycles. The highest BCUT2D eigenvalue weighted by Gasteiger charge is 2.48. The highest BCUT2D eigenvalue weighted by atomic mass is 16.5. The number of likely N-dealkylation sites (tertiary alicyclic amines) is 1. The number of rotatable bonds is 14. The monoisotopic (exact) mass is 648 g/mol. The third kappa shape index (κ3) is 10.3. The van der Waals surface area contributed by atoms with Crippen molar-refractivity contribution in [1.82, 2.24) is 31.1 Å². The van der Waals surface area contributed by atoms with Crippen LogP contribution in [0, 0.1) is 23.2 Å². The van der Waals surface area contributed by atoms with Crippen LogP contribution in [0.25, 0.3) is 0 Å². The van der Waals surface area contributed by atoms with Crippen LogP contribution in [0.5, 0.6) is 0 Å². The predicted octanol–water partition coefficient (Wildman–Crippen LogP) is 1.61. The molecule has 2 heterocycles. The van der Waals surface area contributed by atoms with Crippen molar-refractivity contribution in [3.05, 3.63) is 12.7 Å². The second-order valence-corrected chi connectivity index (χ2v) is 14.0. The van der Waals surface area contributed by atoms with Gasteiger partial charge in [-0.3, -0.25) is 24.0 Å². The molecule has 0 aliphatic carbocycles. The van der Waals surface area contributed by atoms with Crippen molar-refractivity contribution < 1.29 is 33.5 Å². The molecule has 13 heteroatoms. The Morgan fingerprint density at radius 1 is 0.935 bits per heavy atom. The Morgan fingerprint density at radius 2 is 1.57 bits per heavy atom. The molecule has 2 aliphatic heterocycles. The summed E-state index contributed by atoms with van der Waals surface area (Å²) in [6.07, 6.45) is 2.81. The van der Waals surface area contributed by atoms with Gasteiger partial charge in [0.1, 0.15) is 18.1 Å². The van der Waals surface area contributed by atoms with Crippen LogP contribution >= 0.6 is 0 Å². The Labute approximate surface area is 274 Å². The molecular formula is C33H56N6O7. The molecule has 2 rings (SSSR count). The molecule has 260 valence electrons. The van der Waals surface area contributed by atoms with E-state index in [4.69, 9.17) is 4.74 Å². The van der Waals surface area contributed by atoms with E-state index in [0.717, 1.165) is 0 Å². The number of hydrogen-bond acceptors (Lipinski definition) is 7. The van der Waals surface area contributed by atoms with Gasteiger partial charge >= 0.3 is 6.03 Å². The normalized spacial score (nSPS) is 20.5. The van der Waals surface area contributed by atoms with Gasteiger partial charge in [-0.1, -0.05) is 67.9 Å². The van der Waals surface area contributed by atoms with Crippen LogP contribution in [-0.2, 0) is 28.7 Å². The number of morpholine rings is 1. The topological polar surface area (TPSA) is 166 Å². The summed E-state index contributed by atoms with van der Waals surface area (Å²) in [5, 5.41) is 10.8. The highest BCUT2D eigenvalue weighted by molar-refractivity contribution is 6.38. The minimum absolute atomic E-state index is 0.0344. The fraction of sp³-hybridized carbons (Fsp3) is 0.758. The van der Waals surface area contributed by atoms with Gasteiger partial charge in [-0.25, -0.2) is 4.79 Å². The fourth-order valence-electron chi connectivity index (χ4n) is 5.94. The van der Waals surface area contributed by atoms with E-state index < -0.39 is 59.1 Å². The van der Waals surface area contributed by atoms with Gasteiger partial charge in [-0.15, -0.1) is 6.58 Å². The lowest BCUT2D eigenvalue weighted by Crippen LogP contribution is -2.62. The summed E-state index contributed by atoms with van der Waals surface area (Å²) in [7, 11) is 0. The van der Waals surface area contributed by atoms with Crippen LogP contribution in [0.2, 0.25) is 0 Å². The molecule has 2 unspecified atom stereocenters. The lowest BCUT2D eigenvalue weighted by atomic mass is 9.84. The van der Waals surface area contributed by atoms with E-state index in [1.165, 1.54) is 11.0 Å². The van der Waals surface area contributed by atoms with Crippen molar-refractivity contribution >= 4 is 35.4 Å². The van der Waals surface area contributed by atoms with Crippen LogP contribution in [0.1, 0.15) is 74.7 Å². The summed E-state index contributed by atoms with van der Waals surface area (Å²) in [5.74, 6) is -3.11. The smallest absolute Gasteiger partial charge is 0.316 e. The molecule has 6 amide bonds. The number of Topliss-reactive ketones (excluding diaryl/α,β-unsaturated/α-hetero) is 1. The van der Waals surface area contributed by atoms with Crippen molar-refractivity contribution in [3.63, 3.8) is 0 Å². The molecule has 0 saturated carbocycles. The summed E-state index contributed by atoms with van der Waals surface area (Å²) in [6, 6.07) is -4.45. The first-order chi connectivity index (χ1) is 21.5. The first kappa shape index (κ1) is 38.7. The quantitative estimate of drug-likeness (QED) is 0.164. The van der Waals surface area contributed by atoms with Crippen LogP contribution in [0.4, 0.5) is 4.79 Å². The predicted molar refractivity (Wildman–Crippen MR) is 174 cm³/mol. The fourth-order valence-corrected chi connectivity index (χ4v) is 5.94. The second-order valence-electron chi connectivity index (χ2n) is 14.0. The molecule has 0 radical (unpaired) electrons. The van der Waals surface area contributed by atoms with Gasteiger partial charge in [0.2, 0.25) is 23.5 Å². The molecule has 5 atom stereocenters. The van der Waals surface area contributed by atoms with E-state index in [2.05, 4.69) is 27.8 Å². The zero-order chi connectivity index (χ0) is 34.8. The number of nitrogens with one attached hydrogen (secondary N) is 4. The third-order valence-corrected chi connectivity index (χ3v) is 8.62. The van der Waals surface area contributed by atoms with E-state index in [-0.39, 0.29) is 43.2 Å². The number of amides is 6. The van der Waals surface area contributed by atoms with Crippen LogP contribution in [0.3, 0.4) is 0 Å². The van der Waals surface area contributed by atoms with Crippen molar-refractivity contribution in [3.8, 4) is 0 Å². The summed E-state index contributed by atoms with van der Waals surface area (Å²) in [5.41, 5.74) is -0.753. The Kier molecular flexibility index (Phi) is 14.7. The van der Waals surface area contributed by atoms with E-state index in [1.54, 1.807) is 4.90 Å². The van der Waals surface area contributed by atoms with Crippen molar-refractivity contribution in [2.45, 2.75) is 98.8 Å². The lowest BCUT2D eigenvalue weighted by molar-refractivity contribution is -0.144. The Balaban J connectivity index is 2.30. The SMILES string of the molecule is C=CCNC(=O)C(=O)C(CCC)NC(=O)[C@@H]1[C@@H](C(C)C)CCN1C(=O)[C@@H](NC(=O)NC(C(=O)N1CCOCC1)C(C)C)C(C)(C)C. The van der Waals surface area contributed by atoms with E-state index >= 15 is 0 Å². The molecule has 13 nitrogen and oxygen atoms in total. The number of carbonyl (C=O) groups excluding carboxylic acids is 6. The Hall–Kier alpha value is -3.48. The second kappa shape index (κ2) is 17.4. The van der Waals surface area contributed by atoms with Gasteiger partial charge in [-0.05, 0) is 36.0 Å². The van der Waals surface area contributed by atoms with Gasteiger partial charge in [-0.2, -0.15) is 0 Å². The largest absolute Gasteiger partial charge is 0.378 e. The average Bonchev–Trinajstić information content (AvgIpc) is 3.46. The van der Waals surface area contributed by atoms with Crippen molar-refractivity contribution in [2.75, 3.05) is 39.4 Å². The van der Waals surface area contributed by atoms with Crippen molar-refractivity contribution in [2.24, 2.45) is 23.2 Å². The third-order valence-electron chi connectivity index (χ3n) is 8.62. The number of urea groups is 1. The number of ketones is 1. The molecule has 0 bridgehead atoms. The van der Waals surface area contributed by atoms with Gasteiger partial charge in [0, 0.05) is 26.2 Å². The van der Waals surface area contributed by atoms with Gasteiger partial charge in [0.05, 0.1) is 19.3 Å². The molecule has 0 aromatic heterocycles. The number of hydrogen-bond donors (Lipinski definition) is 4. The van der Waals surface area contributed by atoms with E-state index in [1.807, 2.05) is 55.4 Å².